The minimum atomic E-state index is 0.407. The lowest BCUT2D eigenvalue weighted by atomic mass is 9.70. The summed E-state index contributed by atoms with van der Waals surface area (Å²) in [4.78, 5) is 4.18. The van der Waals surface area contributed by atoms with E-state index in [1.807, 2.05) is 0 Å². The molecule has 0 atom stereocenters. The van der Waals surface area contributed by atoms with Gasteiger partial charge in [-0.15, -0.1) is 0 Å². The van der Waals surface area contributed by atoms with Gasteiger partial charge in [0.15, 0.2) is 0 Å². The summed E-state index contributed by atoms with van der Waals surface area (Å²) in [6, 6.07) is 5.72. The Bertz CT molecular complexity index is 388. The summed E-state index contributed by atoms with van der Waals surface area (Å²) in [7, 11) is 0. The van der Waals surface area contributed by atoms with E-state index in [2.05, 4.69) is 23.3 Å². The van der Waals surface area contributed by atoms with E-state index in [0.717, 1.165) is 6.54 Å². The molecule has 0 aromatic carbocycles. The number of nitrogens with zero attached hydrogens (tertiary/aromatic N) is 2. The van der Waals surface area contributed by atoms with Crippen molar-refractivity contribution in [2.24, 2.45) is 5.41 Å². The average molecular weight is 201 g/mol. The molecule has 1 fully saturated rings. The van der Waals surface area contributed by atoms with Crippen LogP contribution in [-0.4, -0.2) is 11.5 Å². The van der Waals surface area contributed by atoms with Crippen LogP contribution in [-0.2, 0) is 0 Å². The molecule has 0 amide bonds. The van der Waals surface area contributed by atoms with Crippen molar-refractivity contribution in [2.75, 3.05) is 11.9 Å². The minimum Gasteiger partial charge on any atom is -0.368 e. The van der Waals surface area contributed by atoms with Gasteiger partial charge in [0.2, 0.25) is 0 Å². The van der Waals surface area contributed by atoms with Crippen molar-refractivity contribution < 1.29 is 0 Å². The largest absolute Gasteiger partial charge is 0.368 e. The number of aromatic nitrogens is 1. The first-order valence-corrected chi connectivity index (χ1v) is 5.32. The summed E-state index contributed by atoms with van der Waals surface area (Å²) in [5, 5.41) is 12.2. The molecular weight excluding hydrogens is 186 g/mol. The molecule has 1 heterocycles. The van der Waals surface area contributed by atoms with Gasteiger partial charge >= 0.3 is 0 Å². The Morgan fingerprint density at radius 3 is 3.00 bits per heavy atom. The molecule has 0 unspecified atom stereocenters. The third-order valence-electron chi connectivity index (χ3n) is 3.17. The molecule has 3 nitrogen and oxygen atoms in total. The van der Waals surface area contributed by atoms with Gasteiger partial charge in [-0.2, -0.15) is 5.26 Å². The van der Waals surface area contributed by atoms with Crippen LogP contribution < -0.4 is 5.32 Å². The van der Waals surface area contributed by atoms with E-state index in [4.69, 9.17) is 5.26 Å². The summed E-state index contributed by atoms with van der Waals surface area (Å²) in [6.07, 6.45) is 5.58. The Kier molecular flexibility index (Phi) is 2.59. The first-order valence-electron chi connectivity index (χ1n) is 5.32. The van der Waals surface area contributed by atoms with Gasteiger partial charge in [0.1, 0.15) is 11.9 Å². The van der Waals surface area contributed by atoms with E-state index in [0.29, 0.717) is 16.8 Å². The molecule has 0 aliphatic heterocycles. The lowest BCUT2D eigenvalue weighted by Crippen LogP contribution is -2.33. The highest BCUT2D eigenvalue weighted by Gasteiger charge is 2.31. The summed E-state index contributed by atoms with van der Waals surface area (Å²) >= 11 is 0. The smallest absolute Gasteiger partial charge is 0.143 e. The van der Waals surface area contributed by atoms with Crippen molar-refractivity contribution in [1.29, 1.82) is 5.26 Å². The van der Waals surface area contributed by atoms with E-state index in [-0.39, 0.29) is 0 Å². The highest BCUT2D eigenvalue weighted by molar-refractivity contribution is 5.51. The standard InChI is InChI=1S/C12H15N3/c1-12(5-3-6-12)9-15-11-10(8-13)4-2-7-14-11/h2,4,7H,3,5-6,9H2,1H3,(H,14,15). The summed E-state index contributed by atoms with van der Waals surface area (Å²) < 4.78 is 0. The second-order valence-electron chi connectivity index (χ2n) is 4.53. The van der Waals surface area contributed by atoms with Crippen molar-refractivity contribution in [3.63, 3.8) is 0 Å². The van der Waals surface area contributed by atoms with Gasteiger partial charge in [0, 0.05) is 12.7 Å². The zero-order valence-corrected chi connectivity index (χ0v) is 8.95. The van der Waals surface area contributed by atoms with Crippen LogP contribution in [0.2, 0.25) is 0 Å². The molecule has 1 aromatic heterocycles. The predicted octanol–water partition coefficient (Wildman–Crippen LogP) is 2.56. The highest BCUT2D eigenvalue weighted by Crippen LogP contribution is 2.40. The van der Waals surface area contributed by atoms with Gasteiger partial charge in [-0.3, -0.25) is 0 Å². The zero-order valence-electron chi connectivity index (χ0n) is 8.95. The fourth-order valence-electron chi connectivity index (χ4n) is 1.89. The molecule has 0 saturated heterocycles. The van der Waals surface area contributed by atoms with Crippen molar-refractivity contribution in [1.82, 2.24) is 4.98 Å². The molecule has 1 aromatic rings. The van der Waals surface area contributed by atoms with Crippen LogP contribution in [0.25, 0.3) is 0 Å². The van der Waals surface area contributed by atoms with Crippen LogP contribution in [0.3, 0.4) is 0 Å². The van der Waals surface area contributed by atoms with Crippen LogP contribution >= 0.6 is 0 Å². The lowest BCUT2D eigenvalue weighted by Gasteiger charge is -2.38. The maximum atomic E-state index is 8.89. The fourth-order valence-corrected chi connectivity index (χ4v) is 1.89. The first-order chi connectivity index (χ1) is 7.23. The molecule has 0 spiro atoms. The number of hydrogen-bond donors (Lipinski definition) is 1. The van der Waals surface area contributed by atoms with E-state index in [1.165, 1.54) is 19.3 Å². The molecule has 0 bridgehead atoms. The highest BCUT2D eigenvalue weighted by atomic mass is 15.0. The molecule has 3 heteroatoms. The number of hydrogen-bond acceptors (Lipinski definition) is 3. The van der Waals surface area contributed by atoms with Crippen molar-refractivity contribution in [3.8, 4) is 6.07 Å². The minimum absolute atomic E-state index is 0.407. The SMILES string of the molecule is CC1(CNc2ncccc2C#N)CCC1. The fraction of sp³-hybridized carbons (Fsp3) is 0.500. The average Bonchev–Trinajstić information content (AvgIpc) is 2.24. The van der Waals surface area contributed by atoms with Crippen molar-refractivity contribution in [3.05, 3.63) is 23.9 Å². The van der Waals surface area contributed by atoms with Crippen LogP contribution in [0.4, 0.5) is 5.82 Å². The van der Waals surface area contributed by atoms with E-state index >= 15 is 0 Å². The molecule has 15 heavy (non-hydrogen) atoms. The molecule has 78 valence electrons. The van der Waals surface area contributed by atoms with Crippen molar-refractivity contribution in [2.45, 2.75) is 26.2 Å². The summed E-state index contributed by atoms with van der Waals surface area (Å²) in [5.74, 6) is 0.716. The summed E-state index contributed by atoms with van der Waals surface area (Å²) in [5.41, 5.74) is 1.03. The van der Waals surface area contributed by atoms with Gasteiger partial charge in [-0.25, -0.2) is 4.98 Å². The quantitative estimate of drug-likeness (QED) is 0.817. The molecule has 2 rings (SSSR count). The molecule has 1 aliphatic carbocycles. The monoisotopic (exact) mass is 201 g/mol. The van der Waals surface area contributed by atoms with E-state index < -0.39 is 0 Å². The molecule has 0 radical (unpaired) electrons. The van der Waals surface area contributed by atoms with Gasteiger partial charge in [-0.05, 0) is 30.4 Å². The third-order valence-corrected chi connectivity index (χ3v) is 3.17. The van der Waals surface area contributed by atoms with E-state index in [1.54, 1.807) is 18.3 Å². The Labute approximate surface area is 90.1 Å². The Hall–Kier alpha value is -1.56. The van der Waals surface area contributed by atoms with Crippen LogP contribution in [0, 0.1) is 16.7 Å². The Morgan fingerprint density at radius 2 is 2.40 bits per heavy atom. The van der Waals surface area contributed by atoms with Gasteiger partial charge in [0.25, 0.3) is 0 Å². The van der Waals surface area contributed by atoms with Crippen molar-refractivity contribution >= 4 is 5.82 Å². The number of rotatable bonds is 3. The lowest BCUT2D eigenvalue weighted by molar-refractivity contribution is 0.180. The maximum absolute atomic E-state index is 8.89. The second kappa shape index (κ2) is 3.90. The normalized spacial score (nSPS) is 17.6. The Balaban J connectivity index is 2.02. The maximum Gasteiger partial charge on any atom is 0.143 e. The molecule has 1 N–H and O–H groups in total. The van der Waals surface area contributed by atoms with Gasteiger partial charge < -0.3 is 5.32 Å². The Morgan fingerprint density at radius 1 is 1.60 bits per heavy atom. The topological polar surface area (TPSA) is 48.7 Å². The number of anilines is 1. The van der Waals surface area contributed by atoms with Crippen LogP contribution in [0.5, 0.6) is 0 Å². The molecule has 1 saturated carbocycles. The second-order valence-corrected chi connectivity index (χ2v) is 4.53. The van der Waals surface area contributed by atoms with E-state index in [9.17, 15) is 0 Å². The third kappa shape index (κ3) is 2.10. The summed E-state index contributed by atoms with van der Waals surface area (Å²) in [6.45, 7) is 3.19. The number of nitrogens with one attached hydrogen (secondary N) is 1. The predicted molar refractivity (Wildman–Crippen MR) is 59.4 cm³/mol. The molecular formula is C12H15N3. The number of pyridine rings is 1. The van der Waals surface area contributed by atoms with Gasteiger partial charge in [0.05, 0.1) is 5.56 Å². The number of nitriles is 1. The zero-order chi connectivity index (χ0) is 10.7. The van der Waals surface area contributed by atoms with Gasteiger partial charge in [-0.1, -0.05) is 13.3 Å². The first kappa shape index (κ1) is 9.97. The van der Waals surface area contributed by atoms with Crippen LogP contribution in [0.15, 0.2) is 18.3 Å². The van der Waals surface area contributed by atoms with Crippen LogP contribution in [0.1, 0.15) is 31.7 Å². The molecule has 1 aliphatic rings.